The summed E-state index contributed by atoms with van der Waals surface area (Å²) in [5.74, 6) is 1.30. The van der Waals surface area contributed by atoms with Gasteiger partial charge in [-0.15, -0.1) is 0 Å². The van der Waals surface area contributed by atoms with Gasteiger partial charge < -0.3 is 9.64 Å². The number of para-hydroxylation sites is 1. The molecule has 2 aromatic rings. The van der Waals surface area contributed by atoms with E-state index in [0.29, 0.717) is 12.3 Å². The number of aromatic amines is 1. The first kappa shape index (κ1) is 14.6. The highest BCUT2D eigenvalue weighted by Crippen LogP contribution is 2.26. The van der Waals surface area contributed by atoms with Gasteiger partial charge in [-0.2, -0.15) is 5.10 Å². The zero-order valence-electron chi connectivity index (χ0n) is 12.8. The minimum atomic E-state index is 0.161. The number of likely N-dealkylation sites (tertiary alicyclic amines) is 1. The monoisotopic (exact) mass is 299 g/mol. The number of hydrogen-bond donors (Lipinski definition) is 1. The number of ether oxygens (including phenoxy) is 1. The van der Waals surface area contributed by atoms with Crippen LogP contribution in [0.5, 0.6) is 5.75 Å². The second-order valence-electron chi connectivity index (χ2n) is 5.68. The molecule has 1 atom stereocenters. The molecule has 0 spiro atoms. The van der Waals surface area contributed by atoms with E-state index in [1.165, 1.54) is 0 Å². The van der Waals surface area contributed by atoms with Crippen molar-refractivity contribution in [1.29, 1.82) is 0 Å². The standard InChI is InChI=1S/C17H21N3O2/c1-22-16-7-3-2-5-13(16)11-17(21)20-10-4-6-14(12-20)15-8-9-18-19-15/h2-3,5,7-9,14H,4,6,10-12H2,1H3,(H,18,19)/t14-/m1/s1. The summed E-state index contributed by atoms with van der Waals surface area (Å²) in [5.41, 5.74) is 2.06. The lowest BCUT2D eigenvalue weighted by molar-refractivity contribution is -0.131. The third-order valence-electron chi connectivity index (χ3n) is 4.27. The van der Waals surface area contributed by atoms with Crippen molar-refractivity contribution in [3.63, 3.8) is 0 Å². The Morgan fingerprint density at radius 1 is 1.41 bits per heavy atom. The van der Waals surface area contributed by atoms with Gasteiger partial charge in [-0.05, 0) is 25.0 Å². The van der Waals surface area contributed by atoms with E-state index in [-0.39, 0.29) is 5.91 Å². The number of amides is 1. The van der Waals surface area contributed by atoms with Crippen LogP contribution in [0.1, 0.15) is 30.0 Å². The number of nitrogens with zero attached hydrogens (tertiary/aromatic N) is 2. The summed E-state index contributed by atoms with van der Waals surface area (Å²) < 4.78 is 5.33. The molecule has 0 radical (unpaired) electrons. The number of H-pyrrole nitrogens is 1. The van der Waals surface area contributed by atoms with E-state index >= 15 is 0 Å². The Bertz CT molecular complexity index is 625. The Hall–Kier alpha value is -2.30. The number of piperidine rings is 1. The summed E-state index contributed by atoms with van der Waals surface area (Å²) in [5, 5.41) is 7.04. The topological polar surface area (TPSA) is 58.2 Å². The minimum absolute atomic E-state index is 0.161. The average Bonchev–Trinajstić information content (AvgIpc) is 3.10. The van der Waals surface area contributed by atoms with Crippen LogP contribution in [0, 0.1) is 0 Å². The first-order valence-electron chi connectivity index (χ1n) is 7.67. The Kier molecular flexibility index (Phi) is 4.42. The van der Waals surface area contributed by atoms with Crippen LogP contribution < -0.4 is 4.74 Å². The fourth-order valence-corrected chi connectivity index (χ4v) is 3.08. The third-order valence-corrected chi connectivity index (χ3v) is 4.27. The highest BCUT2D eigenvalue weighted by molar-refractivity contribution is 5.79. The van der Waals surface area contributed by atoms with Gasteiger partial charge in [-0.1, -0.05) is 18.2 Å². The number of methoxy groups -OCH3 is 1. The molecule has 1 N–H and O–H groups in total. The molecule has 1 fully saturated rings. The number of benzene rings is 1. The first-order chi connectivity index (χ1) is 10.8. The molecule has 1 aliphatic heterocycles. The predicted octanol–water partition coefficient (Wildman–Crippen LogP) is 2.37. The molecule has 1 amide bonds. The van der Waals surface area contributed by atoms with Crippen LogP contribution in [-0.2, 0) is 11.2 Å². The van der Waals surface area contributed by atoms with Gasteiger partial charge in [-0.3, -0.25) is 9.89 Å². The summed E-state index contributed by atoms with van der Waals surface area (Å²) in [6.45, 7) is 1.59. The first-order valence-corrected chi connectivity index (χ1v) is 7.67. The lowest BCUT2D eigenvalue weighted by Gasteiger charge is -2.32. The van der Waals surface area contributed by atoms with Crippen molar-refractivity contribution < 1.29 is 9.53 Å². The van der Waals surface area contributed by atoms with Crippen molar-refractivity contribution >= 4 is 5.91 Å². The molecule has 116 valence electrons. The molecule has 1 aromatic heterocycles. The van der Waals surface area contributed by atoms with E-state index in [1.54, 1.807) is 13.3 Å². The second kappa shape index (κ2) is 6.64. The lowest BCUT2D eigenvalue weighted by atomic mass is 9.94. The highest BCUT2D eigenvalue weighted by atomic mass is 16.5. The third kappa shape index (κ3) is 3.13. The lowest BCUT2D eigenvalue weighted by Crippen LogP contribution is -2.40. The van der Waals surface area contributed by atoms with E-state index < -0.39 is 0 Å². The smallest absolute Gasteiger partial charge is 0.227 e. The molecule has 0 bridgehead atoms. The zero-order chi connectivity index (χ0) is 15.4. The average molecular weight is 299 g/mol. The van der Waals surface area contributed by atoms with E-state index in [1.807, 2.05) is 35.2 Å². The van der Waals surface area contributed by atoms with Crippen molar-refractivity contribution in [2.24, 2.45) is 0 Å². The Morgan fingerprint density at radius 3 is 3.05 bits per heavy atom. The molecular formula is C17H21N3O2. The maximum absolute atomic E-state index is 12.6. The van der Waals surface area contributed by atoms with Crippen LogP contribution in [0.3, 0.4) is 0 Å². The van der Waals surface area contributed by atoms with E-state index in [2.05, 4.69) is 10.2 Å². The molecule has 0 unspecified atom stereocenters. The normalized spacial score (nSPS) is 18.2. The van der Waals surface area contributed by atoms with Gasteiger partial charge in [0.25, 0.3) is 0 Å². The maximum Gasteiger partial charge on any atom is 0.227 e. The van der Waals surface area contributed by atoms with Gasteiger partial charge >= 0.3 is 0 Å². The Morgan fingerprint density at radius 2 is 2.27 bits per heavy atom. The second-order valence-corrected chi connectivity index (χ2v) is 5.68. The van der Waals surface area contributed by atoms with Gasteiger partial charge in [-0.25, -0.2) is 0 Å². The van der Waals surface area contributed by atoms with E-state index in [9.17, 15) is 4.79 Å². The van der Waals surface area contributed by atoms with Crippen LogP contribution in [0.2, 0.25) is 0 Å². The summed E-state index contributed by atoms with van der Waals surface area (Å²) >= 11 is 0. The van der Waals surface area contributed by atoms with Gasteiger partial charge in [0.1, 0.15) is 5.75 Å². The van der Waals surface area contributed by atoms with Crippen LogP contribution >= 0.6 is 0 Å². The summed E-state index contributed by atoms with van der Waals surface area (Å²) in [4.78, 5) is 14.6. The maximum atomic E-state index is 12.6. The molecule has 0 saturated carbocycles. The van der Waals surface area contributed by atoms with Crippen LogP contribution in [0.4, 0.5) is 0 Å². The predicted molar refractivity (Wildman–Crippen MR) is 83.8 cm³/mol. The molecule has 5 nitrogen and oxygen atoms in total. The number of aromatic nitrogens is 2. The van der Waals surface area contributed by atoms with Crippen LogP contribution in [0.15, 0.2) is 36.5 Å². The Labute approximate surface area is 130 Å². The molecule has 1 aromatic carbocycles. The fraction of sp³-hybridized carbons (Fsp3) is 0.412. The van der Waals surface area contributed by atoms with E-state index in [0.717, 1.165) is 42.9 Å². The molecule has 2 heterocycles. The molecule has 3 rings (SSSR count). The van der Waals surface area contributed by atoms with Crippen molar-refractivity contribution in [2.75, 3.05) is 20.2 Å². The highest BCUT2D eigenvalue weighted by Gasteiger charge is 2.25. The fourth-order valence-electron chi connectivity index (χ4n) is 3.08. The molecular weight excluding hydrogens is 278 g/mol. The minimum Gasteiger partial charge on any atom is -0.496 e. The summed E-state index contributed by atoms with van der Waals surface area (Å²) in [7, 11) is 1.64. The molecule has 1 aliphatic rings. The van der Waals surface area contributed by atoms with Crippen molar-refractivity contribution in [3.8, 4) is 5.75 Å². The molecule has 0 aliphatic carbocycles. The van der Waals surface area contributed by atoms with Crippen LogP contribution in [-0.4, -0.2) is 41.2 Å². The number of nitrogens with one attached hydrogen (secondary N) is 1. The molecule has 5 heteroatoms. The van der Waals surface area contributed by atoms with Gasteiger partial charge in [0.05, 0.1) is 13.5 Å². The van der Waals surface area contributed by atoms with Crippen molar-refractivity contribution in [1.82, 2.24) is 15.1 Å². The van der Waals surface area contributed by atoms with Crippen LogP contribution in [0.25, 0.3) is 0 Å². The van der Waals surface area contributed by atoms with Gasteiger partial charge in [0.15, 0.2) is 0 Å². The van der Waals surface area contributed by atoms with E-state index in [4.69, 9.17) is 4.74 Å². The number of hydrogen-bond acceptors (Lipinski definition) is 3. The SMILES string of the molecule is COc1ccccc1CC(=O)N1CCC[C@@H](c2ccn[nH]2)C1. The summed E-state index contributed by atoms with van der Waals surface area (Å²) in [6, 6.07) is 9.70. The summed E-state index contributed by atoms with van der Waals surface area (Å²) in [6.07, 6.45) is 4.28. The molecule has 22 heavy (non-hydrogen) atoms. The van der Waals surface area contributed by atoms with Gasteiger partial charge in [0, 0.05) is 36.5 Å². The Balaban J connectivity index is 1.67. The molecule has 1 saturated heterocycles. The van der Waals surface area contributed by atoms with Crippen molar-refractivity contribution in [3.05, 3.63) is 47.8 Å². The number of carbonyl (C=O) groups is 1. The van der Waals surface area contributed by atoms with Gasteiger partial charge in [0.2, 0.25) is 5.91 Å². The number of carbonyl (C=O) groups excluding carboxylic acids is 1. The largest absolute Gasteiger partial charge is 0.496 e. The van der Waals surface area contributed by atoms with Crippen molar-refractivity contribution in [2.45, 2.75) is 25.2 Å². The number of rotatable bonds is 4. The zero-order valence-corrected chi connectivity index (χ0v) is 12.8. The quantitative estimate of drug-likeness (QED) is 0.943.